The fourth-order valence-corrected chi connectivity index (χ4v) is 1.91. The summed E-state index contributed by atoms with van der Waals surface area (Å²) in [6.45, 7) is 7.91. The molecular formula is C16H20N2O. The lowest BCUT2D eigenvalue weighted by molar-refractivity contribution is 0.149. The van der Waals surface area contributed by atoms with Crippen molar-refractivity contribution < 1.29 is 4.74 Å². The van der Waals surface area contributed by atoms with E-state index in [0.29, 0.717) is 6.61 Å². The van der Waals surface area contributed by atoms with Crippen molar-refractivity contribution in [2.75, 3.05) is 25.1 Å². The van der Waals surface area contributed by atoms with Crippen LogP contribution in [0.25, 0.3) is 10.9 Å². The molecule has 3 heteroatoms. The van der Waals surface area contributed by atoms with E-state index >= 15 is 0 Å². The highest BCUT2D eigenvalue weighted by Crippen LogP contribution is 2.19. The van der Waals surface area contributed by atoms with Gasteiger partial charge in [-0.1, -0.05) is 24.3 Å². The highest BCUT2D eigenvalue weighted by Gasteiger charge is 2.02. The van der Waals surface area contributed by atoms with Crippen molar-refractivity contribution in [2.45, 2.75) is 13.3 Å². The first-order chi connectivity index (χ1) is 9.31. The first kappa shape index (κ1) is 13.6. The minimum absolute atomic E-state index is 0.682. The van der Waals surface area contributed by atoms with E-state index in [1.807, 2.05) is 24.3 Å². The summed E-state index contributed by atoms with van der Waals surface area (Å²) in [5.74, 6) is 0.936. The highest BCUT2D eigenvalue weighted by molar-refractivity contribution is 5.81. The van der Waals surface area contributed by atoms with E-state index in [2.05, 4.69) is 35.9 Å². The lowest BCUT2D eigenvalue weighted by atomic mass is 10.1. The molecule has 2 aromatic rings. The summed E-state index contributed by atoms with van der Waals surface area (Å²) in [4.78, 5) is 4.63. The Morgan fingerprint density at radius 1 is 1.32 bits per heavy atom. The summed E-state index contributed by atoms with van der Waals surface area (Å²) in [5, 5.41) is 4.49. The Kier molecular flexibility index (Phi) is 4.93. The molecule has 1 N–H and O–H groups in total. The fourth-order valence-electron chi connectivity index (χ4n) is 1.91. The summed E-state index contributed by atoms with van der Waals surface area (Å²) in [7, 11) is 0. The number of aryl methyl sites for hydroxylation is 1. The first-order valence-corrected chi connectivity index (χ1v) is 6.60. The molecule has 0 saturated carbocycles. The number of nitrogens with one attached hydrogen (secondary N) is 1. The molecule has 0 amide bonds. The van der Waals surface area contributed by atoms with Crippen molar-refractivity contribution in [1.82, 2.24) is 4.98 Å². The van der Waals surface area contributed by atoms with Crippen LogP contribution < -0.4 is 5.32 Å². The van der Waals surface area contributed by atoms with Crippen molar-refractivity contribution in [1.29, 1.82) is 0 Å². The van der Waals surface area contributed by atoms with E-state index in [0.717, 1.165) is 36.5 Å². The zero-order valence-electron chi connectivity index (χ0n) is 11.4. The Morgan fingerprint density at radius 3 is 3.00 bits per heavy atom. The molecule has 0 saturated heterocycles. The molecule has 19 heavy (non-hydrogen) atoms. The molecule has 2 rings (SSSR count). The monoisotopic (exact) mass is 256 g/mol. The number of para-hydroxylation sites is 1. The number of nitrogens with zero attached hydrogens (tertiary/aromatic N) is 1. The molecule has 0 atom stereocenters. The summed E-state index contributed by atoms with van der Waals surface area (Å²) in [6, 6.07) is 10.3. The number of pyridine rings is 1. The average Bonchev–Trinajstić information content (AvgIpc) is 2.43. The Morgan fingerprint density at radius 2 is 2.16 bits per heavy atom. The minimum Gasteiger partial charge on any atom is -0.379 e. The zero-order chi connectivity index (χ0) is 13.5. The third kappa shape index (κ3) is 3.80. The van der Waals surface area contributed by atoms with Crippen LogP contribution in [0, 0.1) is 6.92 Å². The van der Waals surface area contributed by atoms with Crippen LogP contribution in [0.15, 0.2) is 43.0 Å². The largest absolute Gasteiger partial charge is 0.379 e. The molecular weight excluding hydrogens is 236 g/mol. The van der Waals surface area contributed by atoms with Crippen LogP contribution in [-0.4, -0.2) is 24.7 Å². The summed E-state index contributed by atoms with van der Waals surface area (Å²) >= 11 is 0. The van der Waals surface area contributed by atoms with Gasteiger partial charge in [-0.15, -0.1) is 6.58 Å². The number of aromatic nitrogens is 1. The molecule has 0 spiro atoms. The molecule has 3 nitrogen and oxygen atoms in total. The van der Waals surface area contributed by atoms with Crippen LogP contribution in [-0.2, 0) is 4.74 Å². The van der Waals surface area contributed by atoms with E-state index < -0.39 is 0 Å². The molecule has 0 aliphatic carbocycles. The Bertz CT molecular complexity index is 551. The molecule has 1 aromatic heterocycles. The topological polar surface area (TPSA) is 34.1 Å². The molecule has 0 aliphatic heterocycles. The van der Waals surface area contributed by atoms with Crippen molar-refractivity contribution in [3.05, 3.63) is 48.6 Å². The van der Waals surface area contributed by atoms with Gasteiger partial charge in [0.2, 0.25) is 0 Å². The SMILES string of the molecule is C=CCCOCCNc1nc2ccccc2cc1C. The smallest absolute Gasteiger partial charge is 0.129 e. The van der Waals surface area contributed by atoms with Gasteiger partial charge in [-0.2, -0.15) is 0 Å². The van der Waals surface area contributed by atoms with Crippen molar-refractivity contribution in [3.63, 3.8) is 0 Å². The third-order valence-electron chi connectivity index (χ3n) is 2.92. The van der Waals surface area contributed by atoms with Gasteiger partial charge in [-0.25, -0.2) is 4.98 Å². The molecule has 1 aromatic carbocycles. The predicted octanol–water partition coefficient (Wildman–Crippen LogP) is 3.55. The molecule has 0 radical (unpaired) electrons. The predicted molar refractivity (Wildman–Crippen MR) is 80.6 cm³/mol. The summed E-state index contributed by atoms with van der Waals surface area (Å²) in [5.41, 5.74) is 2.17. The molecule has 0 unspecified atom stereocenters. The van der Waals surface area contributed by atoms with Crippen molar-refractivity contribution in [3.8, 4) is 0 Å². The number of fused-ring (bicyclic) bond motifs is 1. The molecule has 0 aliphatic rings. The maximum atomic E-state index is 5.46. The molecule has 0 fully saturated rings. The second kappa shape index (κ2) is 6.90. The molecule has 1 heterocycles. The number of hydrogen-bond acceptors (Lipinski definition) is 3. The number of anilines is 1. The van der Waals surface area contributed by atoms with Gasteiger partial charge in [-0.05, 0) is 31.0 Å². The number of rotatable bonds is 7. The Labute approximate surface area is 114 Å². The van der Waals surface area contributed by atoms with Crippen LogP contribution in [0.2, 0.25) is 0 Å². The van der Waals surface area contributed by atoms with E-state index in [9.17, 15) is 0 Å². The van der Waals surface area contributed by atoms with Gasteiger partial charge >= 0.3 is 0 Å². The number of benzene rings is 1. The van der Waals surface area contributed by atoms with Crippen LogP contribution in [0.4, 0.5) is 5.82 Å². The van der Waals surface area contributed by atoms with Gasteiger partial charge in [0.05, 0.1) is 18.7 Å². The van der Waals surface area contributed by atoms with E-state index in [1.54, 1.807) is 0 Å². The molecule has 0 bridgehead atoms. The maximum absolute atomic E-state index is 5.46. The van der Waals surface area contributed by atoms with Gasteiger partial charge in [0.15, 0.2) is 0 Å². The minimum atomic E-state index is 0.682. The summed E-state index contributed by atoms with van der Waals surface area (Å²) in [6.07, 6.45) is 2.76. The van der Waals surface area contributed by atoms with Crippen molar-refractivity contribution in [2.24, 2.45) is 0 Å². The second-order valence-corrected chi connectivity index (χ2v) is 4.46. The molecule has 100 valence electrons. The van der Waals surface area contributed by atoms with E-state index in [1.165, 1.54) is 5.39 Å². The van der Waals surface area contributed by atoms with Gasteiger partial charge in [0, 0.05) is 11.9 Å². The van der Waals surface area contributed by atoms with Crippen LogP contribution in [0.1, 0.15) is 12.0 Å². The van der Waals surface area contributed by atoms with Gasteiger partial charge in [0.1, 0.15) is 5.82 Å². The third-order valence-corrected chi connectivity index (χ3v) is 2.92. The summed E-state index contributed by atoms with van der Waals surface area (Å²) < 4.78 is 5.46. The van der Waals surface area contributed by atoms with E-state index in [-0.39, 0.29) is 0 Å². The van der Waals surface area contributed by atoms with Gasteiger partial charge in [0.25, 0.3) is 0 Å². The highest BCUT2D eigenvalue weighted by atomic mass is 16.5. The number of hydrogen-bond donors (Lipinski definition) is 1. The quantitative estimate of drug-likeness (QED) is 0.607. The average molecular weight is 256 g/mol. The van der Waals surface area contributed by atoms with Gasteiger partial charge in [-0.3, -0.25) is 0 Å². The standard InChI is InChI=1S/C16H20N2O/c1-3-4-10-19-11-9-17-16-13(2)12-14-7-5-6-8-15(14)18-16/h3,5-8,12H,1,4,9-11H2,2H3,(H,17,18). The Balaban J connectivity index is 1.93. The lowest BCUT2D eigenvalue weighted by Gasteiger charge is -2.10. The van der Waals surface area contributed by atoms with Crippen LogP contribution in [0.3, 0.4) is 0 Å². The van der Waals surface area contributed by atoms with Crippen molar-refractivity contribution >= 4 is 16.7 Å². The fraction of sp³-hybridized carbons (Fsp3) is 0.312. The normalized spacial score (nSPS) is 10.6. The zero-order valence-corrected chi connectivity index (χ0v) is 11.4. The Hall–Kier alpha value is -1.87. The van der Waals surface area contributed by atoms with E-state index in [4.69, 9.17) is 4.74 Å². The maximum Gasteiger partial charge on any atom is 0.129 e. The number of ether oxygens (including phenoxy) is 1. The second-order valence-electron chi connectivity index (χ2n) is 4.46. The van der Waals surface area contributed by atoms with Gasteiger partial charge < -0.3 is 10.1 Å². The first-order valence-electron chi connectivity index (χ1n) is 6.60. The van der Waals surface area contributed by atoms with Crippen LogP contribution in [0.5, 0.6) is 0 Å². The lowest BCUT2D eigenvalue weighted by Crippen LogP contribution is -2.11. The van der Waals surface area contributed by atoms with Crippen LogP contribution >= 0.6 is 0 Å².